The molecule has 3 rings (SSSR count). The molecule has 0 saturated carbocycles. The maximum atomic E-state index is 8.31. The monoisotopic (exact) mass is 285 g/mol. The number of para-hydroxylation sites is 1. The second kappa shape index (κ2) is 5.17. The molecule has 102 valence electrons. The second-order valence-electron chi connectivity index (χ2n) is 4.96. The minimum atomic E-state index is 0.503. The summed E-state index contributed by atoms with van der Waals surface area (Å²) in [6, 6.07) is 16.0. The lowest BCUT2D eigenvalue weighted by atomic mass is 10.1. The molecule has 0 unspecified atom stereocenters. The first-order valence-electron chi connectivity index (χ1n) is 6.55. The van der Waals surface area contributed by atoms with Crippen molar-refractivity contribution in [3.8, 4) is 0 Å². The van der Waals surface area contributed by atoms with Crippen LogP contribution in [-0.4, -0.2) is 17.9 Å². The van der Waals surface area contributed by atoms with Crippen molar-refractivity contribution in [3.05, 3.63) is 64.7 Å². The van der Waals surface area contributed by atoms with E-state index in [-0.39, 0.29) is 0 Å². The van der Waals surface area contributed by atoms with Crippen LogP contribution in [0.2, 0.25) is 5.02 Å². The summed E-state index contributed by atoms with van der Waals surface area (Å²) in [7, 11) is 1.93. The van der Waals surface area contributed by atoms with Gasteiger partial charge in [0, 0.05) is 30.8 Å². The molecule has 2 aromatic rings. The third-order valence-electron chi connectivity index (χ3n) is 3.65. The van der Waals surface area contributed by atoms with Crippen molar-refractivity contribution in [2.45, 2.75) is 13.1 Å². The van der Waals surface area contributed by atoms with Gasteiger partial charge >= 0.3 is 0 Å². The summed E-state index contributed by atoms with van der Waals surface area (Å²) in [5, 5.41) is 9.06. The van der Waals surface area contributed by atoms with Crippen LogP contribution in [0, 0.1) is 5.41 Å². The minimum Gasteiger partial charge on any atom is -0.334 e. The van der Waals surface area contributed by atoms with Crippen LogP contribution in [0.5, 0.6) is 0 Å². The van der Waals surface area contributed by atoms with Gasteiger partial charge in [0.05, 0.1) is 0 Å². The zero-order valence-corrected chi connectivity index (χ0v) is 12.1. The number of anilines is 1. The smallest absolute Gasteiger partial charge is 0.198 e. The van der Waals surface area contributed by atoms with Crippen LogP contribution < -0.4 is 4.90 Å². The Morgan fingerprint density at radius 1 is 1.10 bits per heavy atom. The van der Waals surface area contributed by atoms with Crippen molar-refractivity contribution in [1.82, 2.24) is 4.90 Å². The van der Waals surface area contributed by atoms with Crippen LogP contribution in [-0.2, 0) is 13.1 Å². The van der Waals surface area contributed by atoms with Gasteiger partial charge in [0.2, 0.25) is 0 Å². The number of rotatable bonds is 2. The summed E-state index contributed by atoms with van der Waals surface area (Å²) >= 11 is 6.22. The van der Waals surface area contributed by atoms with Crippen molar-refractivity contribution < 1.29 is 0 Å². The van der Waals surface area contributed by atoms with Crippen molar-refractivity contribution in [1.29, 1.82) is 5.41 Å². The van der Waals surface area contributed by atoms with E-state index in [4.69, 9.17) is 17.0 Å². The van der Waals surface area contributed by atoms with E-state index in [0.29, 0.717) is 12.5 Å². The van der Waals surface area contributed by atoms with E-state index < -0.39 is 0 Å². The van der Waals surface area contributed by atoms with Crippen molar-refractivity contribution in [3.63, 3.8) is 0 Å². The Hall–Kier alpha value is -2.00. The summed E-state index contributed by atoms with van der Waals surface area (Å²) in [6.45, 7) is 1.39. The normalized spacial score (nSPS) is 14.4. The van der Waals surface area contributed by atoms with Crippen LogP contribution in [0.4, 0.5) is 5.69 Å². The number of nitrogens with zero attached hydrogens (tertiary/aromatic N) is 2. The van der Waals surface area contributed by atoms with E-state index >= 15 is 0 Å². The molecule has 2 aromatic carbocycles. The van der Waals surface area contributed by atoms with E-state index in [0.717, 1.165) is 22.8 Å². The van der Waals surface area contributed by atoms with Crippen molar-refractivity contribution in [2.75, 3.05) is 11.9 Å². The van der Waals surface area contributed by atoms with E-state index in [2.05, 4.69) is 12.1 Å². The van der Waals surface area contributed by atoms with Gasteiger partial charge < -0.3 is 9.80 Å². The van der Waals surface area contributed by atoms with Crippen LogP contribution in [0.1, 0.15) is 11.1 Å². The zero-order valence-electron chi connectivity index (χ0n) is 11.3. The minimum absolute atomic E-state index is 0.503. The zero-order chi connectivity index (χ0) is 14.1. The molecule has 1 N–H and O–H groups in total. The molecule has 3 nitrogen and oxygen atoms in total. The number of guanidine groups is 1. The number of halogens is 1. The molecular formula is C16H16ClN3. The average molecular weight is 286 g/mol. The van der Waals surface area contributed by atoms with Crippen LogP contribution in [0.25, 0.3) is 0 Å². The topological polar surface area (TPSA) is 30.3 Å². The fourth-order valence-electron chi connectivity index (χ4n) is 2.54. The maximum absolute atomic E-state index is 8.31. The number of hydrogen-bond donors (Lipinski definition) is 1. The molecule has 1 aliphatic rings. The first-order chi connectivity index (χ1) is 9.66. The molecule has 0 atom stereocenters. The van der Waals surface area contributed by atoms with E-state index in [1.165, 1.54) is 5.56 Å². The Morgan fingerprint density at radius 2 is 1.80 bits per heavy atom. The van der Waals surface area contributed by atoms with E-state index in [1.54, 1.807) is 0 Å². The number of benzene rings is 2. The predicted molar refractivity (Wildman–Crippen MR) is 83.3 cm³/mol. The highest BCUT2D eigenvalue weighted by molar-refractivity contribution is 6.31. The molecule has 0 fully saturated rings. The molecule has 1 aliphatic heterocycles. The summed E-state index contributed by atoms with van der Waals surface area (Å²) in [6.07, 6.45) is 0. The number of fused-ring (bicyclic) bond motifs is 1. The Bertz CT molecular complexity index is 654. The van der Waals surface area contributed by atoms with Crippen LogP contribution >= 0.6 is 11.6 Å². The summed E-state index contributed by atoms with van der Waals surface area (Å²) < 4.78 is 0. The molecule has 0 bridgehead atoms. The quantitative estimate of drug-likeness (QED) is 0.911. The molecule has 0 radical (unpaired) electrons. The third-order valence-corrected chi connectivity index (χ3v) is 4.02. The highest BCUT2D eigenvalue weighted by Gasteiger charge is 2.24. The largest absolute Gasteiger partial charge is 0.334 e. The van der Waals surface area contributed by atoms with Gasteiger partial charge in [-0.15, -0.1) is 0 Å². The molecule has 0 aliphatic carbocycles. The highest BCUT2D eigenvalue weighted by atomic mass is 35.5. The lowest BCUT2D eigenvalue weighted by molar-refractivity contribution is 0.388. The van der Waals surface area contributed by atoms with Crippen LogP contribution in [0.3, 0.4) is 0 Å². The molecular weight excluding hydrogens is 270 g/mol. The van der Waals surface area contributed by atoms with E-state index in [1.807, 2.05) is 53.2 Å². The fourth-order valence-corrected chi connectivity index (χ4v) is 2.74. The summed E-state index contributed by atoms with van der Waals surface area (Å²) in [5.74, 6) is 0.503. The number of hydrogen-bond acceptors (Lipinski definition) is 1. The van der Waals surface area contributed by atoms with Gasteiger partial charge in [-0.1, -0.05) is 48.0 Å². The lowest BCUT2D eigenvalue weighted by Gasteiger charge is -2.37. The van der Waals surface area contributed by atoms with Gasteiger partial charge in [-0.2, -0.15) is 0 Å². The lowest BCUT2D eigenvalue weighted by Crippen LogP contribution is -2.45. The Labute approximate surface area is 123 Å². The van der Waals surface area contributed by atoms with E-state index in [9.17, 15) is 0 Å². The summed E-state index contributed by atoms with van der Waals surface area (Å²) in [5.41, 5.74) is 3.39. The molecule has 4 heteroatoms. The fraction of sp³-hybridized carbons (Fsp3) is 0.188. The van der Waals surface area contributed by atoms with Gasteiger partial charge in [0.15, 0.2) is 5.96 Å². The molecule has 0 amide bonds. The SMILES string of the molecule is CN1C(=N)N(Cc2ccccc2Cl)Cc2ccccc21. The highest BCUT2D eigenvalue weighted by Crippen LogP contribution is 2.28. The van der Waals surface area contributed by atoms with Gasteiger partial charge in [0.25, 0.3) is 0 Å². The average Bonchev–Trinajstić information content (AvgIpc) is 2.47. The first kappa shape index (κ1) is 13.0. The van der Waals surface area contributed by atoms with Crippen molar-refractivity contribution in [2.24, 2.45) is 0 Å². The Kier molecular flexibility index (Phi) is 3.36. The van der Waals surface area contributed by atoms with Gasteiger partial charge in [0.1, 0.15) is 0 Å². The maximum Gasteiger partial charge on any atom is 0.198 e. The van der Waals surface area contributed by atoms with Crippen molar-refractivity contribution >= 4 is 23.2 Å². The second-order valence-corrected chi connectivity index (χ2v) is 5.37. The predicted octanol–water partition coefficient (Wildman–Crippen LogP) is 3.73. The molecule has 20 heavy (non-hydrogen) atoms. The first-order valence-corrected chi connectivity index (χ1v) is 6.93. The van der Waals surface area contributed by atoms with Gasteiger partial charge in [-0.05, 0) is 23.3 Å². The third kappa shape index (κ3) is 2.25. The molecule has 0 spiro atoms. The Morgan fingerprint density at radius 3 is 2.60 bits per heavy atom. The number of nitrogens with one attached hydrogen (secondary N) is 1. The summed E-state index contributed by atoms with van der Waals surface area (Å²) in [4.78, 5) is 3.94. The van der Waals surface area contributed by atoms with Gasteiger partial charge in [-0.3, -0.25) is 5.41 Å². The molecule has 0 saturated heterocycles. The van der Waals surface area contributed by atoms with Gasteiger partial charge in [-0.25, -0.2) is 0 Å². The van der Waals surface area contributed by atoms with Crippen LogP contribution in [0.15, 0.2) is 48.5 Å². The molecule has 0 aromatic heterocycles. The Balaban J connectivity index is 1.89. The molecule has 1 heterocycles. The standard InChI is InChI=1S/C16H16ClN3/c1-19-15-9-5-3-7-13(15)11-20(16(19)18)10-12-6-2-4-8-14(12)17/h2-9,18H,10-11H2,1H3.